The first-order valence-corrected chi connectivity index (χ1v) is 7.19. The Morgan fingerprint density at radius 3 is 2.76 bits per heavy atom. The van der Waals surface area contributed by atoms with Crippen molar-refractivity contribution in [1.82, 2.24) is 14.5 Å². The Hall–Kier alpha value is -2.14. The van der Waals surface area contributed by atoms with Crippen LogP contribution in [0.1, 0.15) is 41.0 Å². The molecule has 1 aromatic carbocycles. The molecule has 0 saturated carbocycles. The molecular weight excluding hydrogens is 264 g/mol. The molecule has 110 valence electrons. The predicted molar refractivity (Wildman–Crippen MR) is 80.7 cm³/mol. The molecule has 0 atom stereocenters. The quantitative estimate of drug-likeness (QED) is 0.930. The highest BCUT2D eigenvalue weighted by Crippen LogP contribution is 2.25. The summed E-state index contributed by atoms with van der Waals surface area (Å²) >= 11 is 0. The van der Waals surface area contributed by atoms with Gasteiger partial charge in [-0.15, -0.1) is 0 Å². The van der Waals surface area contributed by atoms with E-state index in [2.05, 4.69) is 41.9 Å². The molecule has 0 fully saturated rings. The van der Waals surface area contributed by atoms with Crippen LogP contribution in [0.4, 0.5) is 0 Å². The summed E-state index contributed by atoms with van der Waals surface area (Å²) in [7, 11) is 0. The van der Waals surface area contributed by atoms with Gasteiger partial charge < -0.3 is 10.3 Å². The summed E-state index contributed by atoms with van der Waals surface area (Å²) in [6.07, 6.45) is 3.34. The average Bonchev–Trinajstić information content (AvgIpc) is 3.04. The zero-order valence-electron chi connectivity index (χ0n) is 12.4. The number of carbonyl (C=O) groups excluding carboxylic acids is 1. The van der Waals surface area contributed by atoms with E-state index in [1.54, 1.807) is 12.5 Å². The highest BCUT2D eigenvalue weighted by molar-refractivity contribution is 5.90. The van der Waals surface area contributed by atoms with Gasteiger partial charge in [0.15, 0.2) is 0 Å². The molecule has 0 spiro atoms. The molecule has 0 unspecified atom stereocenters. The van der Waals surface area contributed by atoms with Crippen LogP contribution in [-0.4, -0.2) is 26.4 Å². The maximum absolute atomic E-state index is 11.1. The maximum atomic E-state index is 11.1. The van der Waals surface area contributed by atoms with Crippen molar-refractivity contribution in [3.8, 4) is 0 Å². The van der Waals surface area contributed by atoms with Crippen molar-refractivity contribution in [2.24, 2.45) is 5.73 Å². The lowest BCUT2D eigenvalue weighted by atomic mass is 10.1. The molecule has 0 saturated heterocycles. The second kappa shape index (κ2) is 5.33. The molecule has 1 aromatic heterocycles. The minimum Gasteiger partial charge on any atom is -0.364 e. The van der Waals surface area contributed by atoms with Crippen LogP contribution in [0.25, 0.3) is 0 Å². The van der Waals surface area contributed by atoms with Crippen molar-refractivity contribution in [2.75, 3.05) is 0 Å². The van der Waals surface area contributed by atoms with Crippen molar-refractivity contribution >= 4 is 5.91 Å². The number of imidazole rings is 1. The summed E-state index contributed by atoms with van der Waals surface area (Å²) in [6, 6.07) is 7.17. The predicted octanol–water partition coefficient (Wildman–Crippen LogP) is 1.75. The van der Waals surface area contributed by atoms with E-state index in [0.717, 1.165) is 13.1 Å². The van der Waals surface area contributed by atoms with Gasteiger partial charge in [0.2, 0.25) is 0 Å². The second-order valence-electron chi connectivity index (χ2n) is 5.90. The van der Waals surface area contributed by atoms with Crippen LogP contribution < -0.4 is 5.73 Å². The molecule has 1 aliphatic heterocycles. The van der Waals surface area contributed by atoms with E-state index in [4.69, 9.17) is 5.73 Å². The molecule has 3 rings (SSSR count). The van der Waals surface area contributed by atoms with Gasteiger partial charge in [-0.1, -0.05) is 18.2 Å². The number of nitrogens with zero attached hydrogens (tertiary/aromatic N) is 3. The molecule has 1 aliphatic rings. The third-order valence-electron chi connectivity index (χ3n) is 4.00. The number of hydrogen-bond donors (Lipinski definition) is 1. The Labute approximate surface area is 124 Å². The van der Waals surface area contributed by atoms with E-state index in [1.165, 1.54) is 16.7 Å². The highest BCUT2D eigenvalue weighted by Gasteiger charge is 2.20. The minimum absolute atomic E-state index is 0.308. The molecule has 2 heterocycles. The number of benzene rings is 1. The first kappa shape index (κ1) is 13.8. The Morgan fingerprint density at radius 2 is 2.10 bits per heavy atom. The lowest BCUT2D eigenvalue weighted by Gasteiger charge is -2.18. The molecule has 5 nitrogen and oxygen atoms in total. The van der Waals surface area contributed by atoms with Gasteiger partial charge in [0, 0.05) is 31.9 Å². The molecule has 0 bridgehead atoms. The van der Waals surface area contributed by atoms with Crippen molar-refractivity contribution in [1.29, 1.82) is 0 Å². The molecule has 2 aromatic rings. The Bertz CT molecular complexity index is 675. The molecule has 21 heavy (non-hydrogen) atoms. The summed E-state index contributed by atoms with van der Waals surface area (Å²) in [5.41, 5.74) is 9.55. The lowest BCUT2D eigenvalue weighted by molar-refractivity contribution is 0.0996. The number of hydrogen-bond acceptors (Lipinski definition) is 3. The number of aromatic nitrogens is 2. The van der Waals surface area contributed by atoms with Crippen LogP contribution in [0, 0.1) is 0 Å². The average molecular weight is 284 g/mol. The third-order valence-corrected chi connectivity index (χ3v) is 4.00. The standard InChI is InChI=1S/C16H20N4O/c1-11(2)20-7-13-4-3-12(5-14(13)8-20)6-19-9-15(16(17)21)18-10-19/h3-5,9-11H,6-8H2,1-2H3,(H2,17,21). The fourth-order valence-electron chi connectivity index (χ4n) is 2.72. The van der Waals surface area contributed by atoms with Gasteiger partial charge in [-0.3, -0.25) is 9.69 Å². The Kier molecular flexibility index (Phi) is 3.51. The van der Waals surface area contributed by atoms with Gasteiger partial charge in [0.05, 0.1) is 6.33 Å². The summed E-state index contributed by atoms with van der Waals surface area (Å²) < 4.78 is 1.89. The summed E-state index contributed by atoms with van der Waals surface area (Å²) in [5.74, 6) is -0.490. The minimum atomic E-state index is -0.490. The van der Waals surface area contributed by atoms with Crippen LogP contribution in [0.5, 0.6) is 0 Å². The fourth-order valence-corrected chi connectivity index (χ4v) is 2.72. The number of nitrogens with two attached hydrogens (primary N) is 1. The SMILES string of the molecule is CC(C)N1Cc2ccc(Cn3cnc(C(N)=O)c3)cc2C1. The Morgan fingerprint density at radius 1 is 1.33 bits per heavy atom. The van der Waals surface area contributed by atoms with Gasteiger partial charge in [-0.2, -0.15) is 0 Å². The van der Waals surface area contributed by atoms with E-state index in [-0.39, 0.29) is 0 Å². The Balaban J connectivity index is 1.76. The largest absolute Gasteiger partial charge is 0.364 e. The van der Waals surface area contributed by atoms with E-state index in [1.807, 2.05) is 4.57 Å². The maximum Gasteiger partial charge on any atom is 0.268 e. The van der Waals surface area contributed by atoms with Crippen LogP contribution in [0.15, 0.2) is 30.7 Å². The van der Waals surface area contributed by atoms with Crippen LogP contribution >= 0.6 is 0 Å². The van der Waals surface area contributed by atoms with Gasteiger partial charge in [-0.05, 0) is 30.5 Å². The molecule has 0 aliphatic carbocycles. The van der Waals surface area contributed by atoms with E-state index in [9.17, 15) is 4.79 Å². The number of rotatable bonds is 4. The summed E-state index contributed by atoms with van der Waals surface area (Å²) in [4.78, 5) is 17.5. The van der Waals surface area contributed by atoms with E-state index >= 15 is 0 Å². The smallest absolute Gasteiger partial charge is 0.268 e. The first-order valence-electron chi connectivity index (χ1n) is 7.19. The van der Waals surface area contributed by atoms with E-state index < -0.39 is 5.91 Å². The van der Waals surface area contributed by atoms with Crippen molar-refractivity contribution < 1.29 is 4.79 Å². The topological polar surface area (TPSA) is 64.2 Å². The van der Waals surface area contributed by atoms with Gasteiger partial charge in [0.25, 0.3) is 5.91 Å². The van der Waals surface area contributed by atoms with Gasteiger partial charge in [0.1, 0.15) is 5.69 Å². The third kappa shape index (κ3) is 2.83. The van der Waals surface area contributed by atoms with Crippen molar-refractivity contribution in [3.05, 3.63) is 53.1 Å². The molecular formula is C16H20N4O. The second-order valence-corrected chi connectivity index (χ2v) is 5.90. The molecule has 2 N–H and O–H groups in total. The molecule has 0 radical (unpaired) electrons. The van der Waals surface area contributed by atoms with Crippen LogP contribution in [0.2, 0.25) is 0 Å². The summed E-state index contributed by atoms with van der Waals surface area (Å²) in [6.45, 7) is 7.20. The van der Waals surface area contributed by atoms with Gasteiger partial charge in [-0.25, -0.2) is 4.98 Å². The lowest BCUT2D eigenvalue weighted by Crippen LogP contribution is -2.24. The van der Waals surface area contributed by atoms with Crippen molar-refractivity contribution in [2.45, 2.75) is 39.5 Å². The molecule has 1 amide bonds. The van der Waals surface area contributed by atoms with Crippen molar-refractivity contribution in [3.63, 3.8) is 0 Å². The van der Waals surface area contributed by atoms with Crippen LogP contribution in [0.3, 0.4) is 0 Å². The number of fused-ring (bicyclic) bond motifs is 1. The fraction of sp³-hybridized carbons (Fsp3) is 0.375. The zero-order chi connectivity index (χ0) is 15.0. The monoisotopic (exact) mass is 284 g/mol. The van der Waals surface area contributed by atoms with Crippen LogP contribution in [-0.2, 0) is 19.6 Å². The van der Waals surface area contributed by atoms with E-state index in [0.29, 0.717) is 18.3 Å². The normalized spacial score (nSPS) is 14.6. The van der Waals surface area contributed by atoms with Gasteiger partial charge >= 0.3 is 0 Å². The zero-order valence-corrected chi connectivity index (χ0v) is 12.4. The highest BCUT2D eigenvalue weighted by atomic mass is 16.1. The first-order chi connectivity index (χ1) is 10.0. The molecule has 5 heteroatoms. The number of primary amides is 1. The summed E-state index contributed by atoms with van der Waals surface area (Å²) in [5, 5.41) is 0. The number of carbonyl (C=O) groups is 1. The number of amides is 1.